The lowest BCUT2D eigenvalue weighted by Gasteiger charge is -2.25. The van der Waals surface area contributed by atoms with Gasteiger partial charge in [0.2, 0.25) is 5.91 Å². The van der Waals surface area contributed by atoms with Crippen LogP contribution >= 0.6 is 22.7 Å². The van der Waals surface area contributed by atoms with Crippen molar-refractivity contribution in [1.82, 2.24) is 4.90 Å². The van der Waals surface area contributed by atoms with Crippen molar-refractivity contribution in [2.45, 2.75) is 19.9 Å². The molecular formula is C18H17N3O3S2. The number of nitrogens with one attached hydrogen (secondary N) is 1. The Kier molecular flexibility index (Phi) is 5.71. The summed E-state index contributed by atoms with van der Waals surface area (Å²) in [5.41, 5.74) is 2.36. The van der Waals surface area contributed by atoms with Gasteiger partial charge in [0.1, 0.15) is 11.1 Å². The fraction of sp³-hybridized carbons (Fsp3) is 0.278. The zero-order chi connectivity index (χ0) is 18.5. The largest absolute Gasteiger partial charge is 0.450 e. The van der Waals surface area contributed by atoms with Crippen LogP contribution in [0.3, 0.4) is 0 Å². The van der Waals surface area contributed by atoms with Gasteiger partial charge in [-0.15, -0.1) is 11.3 Å². The number of rotatable bonds is 4. The fourth-order valence-electron chi connectivity index (χ4n) is 2.68. The summed E-state index contributed by atoms with van der Waals surface area (Å²) in [5, 5.41) is 16.7. The first-order chi connectivity index (χ1) is 12.6. The van der Waals surface area contributed by atoms with Gasteiger partial charge in [0.05, 0.1) is 18.7 Å². The van der Waals surface area contributed by atoms with Crippen LogP contribution in [0.5, 0.6) is 0 Å². The van der Waals surface area contributed by atoms with Crippen LogP contribution < -0.4 is 5.32 Å². The summed E-state index contributed by atoms with van der Waals surface area (Å²) in [5.74, 6) is -0.284. The van der Waals surface area contributed by atoms with E-state index in [9.17, 15) is 14.9 Å². The van der Waals surface area contributed by atoms with E-state index in [1.165, 1.54) is 17.4 Å². The van der Waals surface area contributed by atoms with Crippen molar-refractivity contribution in [2.75, 3.05) is 18.5 Å². The SMILES string of the molecule is CCOC(=O)N1CCc2c(sc(NC(=O)/C=C/c3ccsc3)c2C#N)C1. The summed E-state index contributed by atoms with van der Waals surface area (Å²) >= 11 is 2.90. The van der Waals surface area contributed by atoms with E-state index in [1.54, 1.807) is 29.2 Å². The van der Waals surface area contributed by atoms with E-state index in [0.29, 0.717) is 36.7 Å². The van der Waals surface area contributed by atoms with Crippen LogP contribution in [0.1, 0.15) is 28.5 Å². The molecule has 0 saturated heterocycles. The van der Waals surface area contributed by atoms with Crippen LogP contribution in [0.2, 0.25) is 0 Å². The highest BCUT2D eigenvalue weighted by molar-refractivity contribution is 7.16. The lowest BCUT2D eigenvalue weighted by Crippen LogP contribution is -2.35. The average molecular weight is 387 g/mol. The van der Waals surface area contributed by atoms with Crippen molar-refractivity contribution in [3.8, 4) is 6.07 Å². The van der Waals surface area contributed by atoms with Crippen molar-refractivity contribution >= 4 is 45.8 Å². The zero-order valence-corrected chi connectivity index (χ0v) is 15.8. The number of carbonyl (C=O) groups is 2. The minimum Gasteiger partial charge on any atom is -0.450 e. The smallest absolute Gasteiger partial charge is 0.410 e. The fourth-order valence-corrected chi connectivity index (χ4v) is 4.52. The quantitative estimate of drug-likeness (QED) is 0.808. The van der Waals surface area contributed by atoms with E-state index < -0.39 is 0 Å². The molecular weight excluding hydrogens is 370 g/mol. The molecule has 1 aliphatic heterocycles. The Morgan fingerprint density at radius 1 is 1.50 bits per heavy atom. The van der Waals surface area contributed by atoms with Crippen LogP contribution in [-0.2, 0) is 22.5 Å². The van der Waals surface area contributed by atoms with Gasteiger partial charge < -0.3 is 15.0 Å². The zero-order valence-electron chi connectivity index (χ0n) is 14.2. The molecule has 0 spiro atoms. The number of ether oxygens (including phenoxy) is 1. The second-order valence-electron chi connectivity index (χ2n) is 5.57. The number of thiophene rings is 2. The normalized spacial score (nSPS) is 13.3. The Morgan fingerprint density at radius 2 is 2.35 bits per heavy atom. The van der Waals surface area contributed by atoms with Crippen LogP contribution in [0.15, 0.2) is 22.9 Å². The van der Waals surface area contributed by atoms with E-state index in [2.05, 4.69) is 11.4 Å². The Hall–Kier alpha value is -2.63. The van der Waals surface area contributed by atoms with E-state index in [0.717, 1.165) is 16.0 Å². The first-order valence-corrected chi connectivity index (χ1v) is 9.86. The summed E-state index contributed by atoms with van der Waals surface area (Å²) in [7, 11) is 0. The highest BCUT2D eigenvalue weighted by atomic mass is 32.1. The van der Waals surface area contributed by atoms with E-state index >= 15 is 0 Å². The summed E-state index contributed by atoms with van der Waals surface area (Å²) in [6, 6.07) is 4.11. The van der Waals surface area contributed by atoms with Crippen molar-refractivity contribution in [3.05, 3.63) is 44.5 Å². The molecule has 0 saturated carbocycles. The van der Waals surface area contributed by atoms with Crippen molar-refractivity contribution < 1.29 is 14.3 Å². The standard InChI is InChI=1S/C18H17N3O3S2/c1-2-24-18(23)21-7-5-13-14(9-19)17(26-15(13)10-21)20-16(22)4-3-12-6-8-25-11-12/h3-4,6,8,11H,2,5,7,10H2,1H3,(H,20,22)/b4-3+. The number of fused-ring (bicyclic) bond motifs is 1. The Labute approximate surface area is 159 Å². The Balaban J connectivity index is 1.74. The summed E-state index contributed by atoms with van der Waals surface area (Å²) in [4.78, 5) is 26.6. The average Bonchev–Trinajstić information content (AvgIpc) is 3.26. The molecule has 6 nitrogen and oxygen atoms in total. The number of hydrogen-bond donors (Lipinski definition) is 1. The molecule has 0 aromatic carbocycles. The third kappa shape index (κ3) is 3.95. The highest BCUT2D eigenvalue weighted by Crippen LogP contribution is 2.36. The molecule has 3 rings (SSSR count). The van der Waals surface area contributed by atoms with Gasteiger partial charge in [-0.1, -0.05) is 0 Å². The van der Waals surface area contributed by atoms with Gasteiger partial charge in [0.25, 0.3) is 0 Å². The van der Waals surface area contributed by atoms with Crippen LogP contribution in [0.4, 0.5) is 9.80 Å². The number of nitriles is 1. The maximum atomic E-state index is 12.2. The second kappa shape index (κ2) is 8.17. The molecule has 26 heavy (non-hydrogen) atoms. The molecule has 3 heterocycles. The van der Waals surface area contributed by atoms with Crippen molar-refractivity contribution in [3.63, 3.8) is 0 Å². The van der Waals surface area contributed by atoms with Crippen LogP contribution in [-0.4, -0.2) is 30.1 Å². The predicted octanol–water partition coefficient (Wildman–Crippen LogP) is 3.85. The predicted molar refractivity (Wildman–Crippen MR) is 102 cm³/mol. The lowest BCUT2D eigenvalue weighted by atomic mass is 10.0. The van der Waals surface area contributed by atoms with Crippen LogP contribution in [0, 0.1) is 11.3 Å². The molecule has 2 aromatic rings. The van der Waals surface area contributed by atoms with Gasteiger partial charge in [-0.05, 0) is 47.4 Å². The van der Waals surface area contributed by atoms with Crippen LogP contribution in [0.25, 0.3) is 6.08 Å². The minimum absolute atomic E-state index is 0.284. The maximum absolute atomic E-state index is 12.2. The summed E-state index contributed by atoms with van der Waals surface area (Å²) < 4.78 is 5.04. The molecule has 2 amide bonds. The Bertz CT molecular complexity index is 878. The molecule has 2 aromatic heterocycles. The summed E-state index contributed by atoms with van der Waals surface area (Å²) in [6.45, 7) is 2.99. The third-order valence-electron chi connectivity index (χ3n) is 3.90. The maximum Gasteiger partial charge on any atom is 0.410 e. The molecule has 0 unspecified atom stereocenters. The molecule has 1 N–H and O–H groups in total. The van der Waals surface area contributed by atoms with Gasteiger partial charge in [0, 0.05) is 17.5 Å². The number of hydrogen-bond acceptors (Lipinski definition) is 6. The molecule has 0 bridgehead atoms. The van der Waals surface area contributed by atoms with Gasteiger partial charge >= 0.3 is 6.09 Å². The van der Waals surface area contributed by atoms with E-state index in [4.69, 9.17) is 4.74 Å². The monoisotopic (exact) mass is 387 g/mol. The molecule has 134 valence electrons. The van der Waals surface area contributed by atoms with Crippen molar-refractivity contribution in [1.29, 1.82) is 5.26 Å². The number of amides is 2. The highest BCUT2D eigenvalue weighted by Gasteiger charge is 2.27. The number of carbonyl (C=O) groups excluding carboxylic acids is 2. The molecule has 0 aliphatic carbocycles. The third-order valence-corrected chi connectivity index (χ3v) is 5.74. The first kappa shape index (κ1) is 18.2. The van der Waals surface area contributed by atoms with Crippen molar-refractivity contribution in [2.24, 2.45) is 0 Å². The molecule has 0 atom stereocenters. The van der Waals surface area contributed by atoms with E-state index in [1.807, 2.05) is 16.8 Å². The van der Waals surface area contributed by atoms with Gasteiger partial charge in [-0.2, -0.15) is 16.6 Å². The van der Waals surface area contributed by atoms with Gasteiger partial charge in [-0.3, -0.25) is 4.79 Å². The number of nitrogens with zero attached hydrogens (tertiary/aromatic N) is 2. The molecule has 0 fully saturated rings. The second-order valence-corrected chi connectivity index (χ2v) is 7.45. The summed E-state index contributed by atoms with van der Waals surface area (Å²) in [6.07, 6.45) is 3.41. The number of anilines is 1. The lowest BCUT2D eigenvalue weighted by molar-refractivity contribution is -0.111. The van der Waals surface area contributed by atoms with E-state index in [-0.39, 0.29) is 12.0 Å². The minimum atomic E-state index is -0.352. The molecule has 8 heteroatoms. The van der Waals surface area contributed by atoms with Gasteiger partial charge in [-0.25, -0.2) is 4.79 Å². The van der Waals surface area contributed by atoms with Gasteiger partial charge in [0.15, 0.2) is 0 Å². The molecule has 0 radical (unpaired) electrons. The topological polar surface area (TPSA) is 82.4 Å². The molecule has 1 aliphatic rings. The Morgan fingerprint density at radius 3 is 3.04 bits per heavy atom. The first-order valence-electron chi connectivity index (χ1n) is 8.10.